The molecule has 1 saturated heterocycles. The smallest absolute Gasteiger partial charge is 0.123 e. The van der Waals surface area contributed by atoms with Crippen LogP contribution < -0.4 is 21.6 Å². The van der Waals surface area contributed by atoms with Crippen LogP contribution in [0, 0.1) is 17.1 Å². The van der Waals surface area contributed by atoms with Gasteiger partial charge in [0.25, 0.3) is 0 Å². The van der Waals surface area contributed by atoms with Crippen LogP contribution in [0.3, 0.4) is 0 Å². The number of nitrogens with zero attached hydrogens (tertiary/aromatic N) is 4. The maximum atomic E-state index is 14.0. The summed E-state index contributed by atoms with van der Waals surface area (Å²) in [6, 6.07) is 20.9. The molecular formula is C35H36ClFN8. The third-order valence-electron chi connectivity index (χ3n) is 8.70. The highest BCUT2D eigenvalue weighted by molar-refractivity contribution is 6.35. The van der Waals surface area contributed by atoms with E-state index in [4.69, 9.17) is 11.6 Å². The Balaban J connectivity index is 1.28. The fourth-order valence-corrected chi connectivity index (χ4v) is 6.40. The van der Waals surface area contributed by atoms with Crippen LogP contribution in [-0.2, 0) is 0 Å². The highest BCUT2D eigenvalue weighted by Crippen LogP contribution is 2.38. The topological polar surface area (TPSA) is 91.3 Å². The number of likely N-dealkylation sites (tertiary alicyclic amines) is 1. The van der Waals surface area contributed by atoms with Crippen LogP contribution in [0.25, 0.3) is 10.9 Å². The molecule has 0 bridgehead atoms. The highest BCUT2D eigenvalue weighted by Gasteiger charge is 2.32. The molecule has 10 heteroatoms. The molecule has 4 N–H and O–H groups in total. The summed E-state index contributed by atoms with van der Waals surface area (Å²) >= 11 is 6.88. The van der Waals surface area contributed by atoms with Crippen molar-refractivity contribution in [3.05, 3.63) is 112 Å². The van der Waals surface area contributed by atoms with Gasteiger partial charge in [-0.1, -0.05) is 54.1 Å². The third-order valence-corrected chi connectivity index (χ3v) is 8.99. The number of hydrogen-bond donors (Lipinski definition) is 4. The van der Waals surface area contributed by atoms with Crippen LogP contribution in [0.1, 0.15) is 62.2 Å². The SMILES string of the molecule is [2H][C@@](Nc1cc(Cl)c2ncc(C#N)c(N[C@H](CCN3CCCC3)c3ccccc3)c2c1)(C1=CN(C2CC2)NN1)c1ccc(F)cc1. The lowest BCUT2D eigenvalue weighted by Gasteiger charge is -2.25. The lowest BCUT2D eigenvalue weighted by molar-refractivity contribution is 0.260. The molecule has 3 aromatic carbocycles. The number of hydrazine groups is 2. The van der Waals surface area contributed by atoms with Crippen molar-refractivity contribution in [3.63, 3.8) is 0 Å². The summed E-state index contributed by atoms with van der Waals surface area (Å²) in [6.07, 6.45) is 8.89. The van der Waals surface area contributed by atoms with Gasteiger partial charge in [-0.15, -0.1) is 5.53 Å². The van der Waals surface area contributed by atoms with Gasteiger partial charge in [-0.25, -0.2) is 4.39 Å². The molecule has 1 aliphatic carbocycles. The Morgan fingerprint density at radius 3 is 2.58 bits per heavy atom. The van der Waals surface area contributed by atoms with Crippen LogP contribution in [0.4, 0.5) is 15.8 Å². The molecule has 45 heavy (non-hydrogen) atoms. The molecule has 2 fully saturated rings. The molecule has 230 valence electrons. The van der Waals surface area contributed by atoms with Gasteiger partial charge < -0.3 is 21.0 Å². The summed E-state index contributed by atoms with van der Waals surface area (Å²) in [5, 5.41) is 20.3. The standard InChI is InChI=1S/C35H36ClFN8/c36-30-19-27(40-34(24-8-10-26(37)11-9-24)32-22-45(43-42-32)28-12-13-28)18-29-33(25(20-38)21-39-35(29)30)41-31(23-6-2-1-3-7-23)14-17-44-15-4-5-16-44/h1-3,6-11,18-19,21-22,28,31,34,40,42-43H,4-5,12-17H2,(H,39,41)/t31-,34+/m1/s1/i34D. The van der Waals surface area contributed by atoms with E-state index in [1.54, 1.807) is 24.4 Å². The van der Waals surface area contributed by atoms with Crippen LogP contribution in [0.5, 0.6) is 0 Å². The number of hydrogen-bond acceptors (Lipinski definition) is 8. The molecule has 0 spiro atoms. The van der Waals surface area contributed by atoms with Gasteiger partial charge in [-0.3, -0.25) is 9.99 Å². The number of fused-ring (bicyclic) bond motifs is 1. The molecule has 2 atom stereocenters. The van der Waals surface area contributed by atoms with E-state index < -0.39 is 6.02 Å². The van der Waals surface area contributed by atoms with Crippen molar-refractivity contribution in [2.75, 3.05) is 30.3 Å². The van der Waals surface area contributed by atoms with Gasteiger partial charge in [0.15, 0.2) is 0 Å². The first-order valence-corrected chi connectivity index (χ1v) is 15.9. The molecule has 3 aliphatic rings. The second-order valence-electron chi connectivity index (χ2n) is 11.9. The van der Waals surface area contributed by atoms with Crippen molar-refractivity contribution in [3.8, 4) is 6.07 Å². The molecule has 1 saturated carbocycles. The average Bonchev–Trinajstić information content (AvgIpc) is 3.54. The van der Waals surface area contributed by atoms with E-state index in [0.29, 0.717) is 50.2 Å². The number of halogens is 2. The van der Waals surface area contributed by atoms with Crippen LogP contribution in [0.2, 0.25) is 5.02 Å². The number of anilines is 2. The molecule has 8 nitrogen and oxygen atoms in total. The maximum Gasteiger partial charge on any atom is 0.123 e. The van der Waals surface area contributed by atoms with Gasteiger partial charge in [0, 0.05) is 36.1 Å². The van der Waals surface area contributed by atoms with E-state index in [-0.39, 0.29) is 11.9 Å². The Morgan fingerprint density at radius 2 is 1.84 bits per heavy atom. The molecule has 1 aromatic heterocycles. The Hall–Kier alpha value is -4.36. The summed E-state index contributed by atoms with van der Waals surface area (Å²) in [6.45, 7) is 3.16. The van der Waals surface area contributed by atoms with Gasteiger partial charge in [0.1, 0.15) is 11.9 Å². The fraction of sp³-hybridized carbons (Fsp3) is 0.314. The molecule has 7 rings (SSSR count). The van der Waals surface area contributed by atoms with Crippen molar-refractivity contribution in [1.82, 2.24) is 25.9 Å². The van der Waals surface area contributed by atoms with E-state index >= 15 is 0 Å². The molecule has 0 amide bonds. The summed E-state index contributed by atoms with van der Waals surface area (Å²) in [5.74, 6) is -0.380. The Kier molecular flexibility index (Phi) is 8.09. The number of pyridine rings is 1. The average molecular weight is 624 g/mol. The lowest BCUT2D eigenvalue weighted by Crippen LogP contribution is -2.38. The van der Waals surface area contributed by atoms with Gasteiger partial charge >= 0.3 is 0 Å². The zero-order valence-corrected chi connectivity index (χ0v) is 25.6. The minimum atomic E-state index is -1.53. The van der Waals surface area contributed by atoms with E-state index in [1.165, 1.54) is 25.0 Å². The van der Waals surface area contributed by atoms with Gasteiger partial charge in [0.2, 0.25) is 0 Å². The van der Waals surface area contributed by atoms with Crippen molar-refractivity contribution < 1.29 is 5.76 Å². The number of benzene rings is 3. The number of aromatic nitrogens is 1. The molecule has 4 aromatic rings. The number of nitrogens with one attached hydrogen (secondary N) is 4. The molecular weight excluding hydrogens is 587 g/mol. The molecule has 3 heterocycles. The summed E-state index contributed by atoms with van der Waals surface area (Å²) in [5.41, 5.74) is 10.7. The summed E-state index contributed by atoms with van der Waals surface area (Å²) in [4.78, 5) is 7.05. The Bertz CT molecular complexity index is 1790. The molecule has 0 unspecified atom stereocenters. The minimum Gasteiger partial charge on any atom is -0.377 e. The van der Waals surface area contributed by atoms with Gasteiger partial charge in [0.05, 0.1) is 40.9 Å². The van der Waals surface area contributed by atoms with E-state index in [0.717, 1.165) is 44.5 Å². The van der Waals surface area contributed by atoms with Crippen molar-refractivity contribution in [1.29, 1.82) is 5.26 Å². The highest BCUT2D eigenvalue weighted by atomic mass is 35.5. The molecule has 0 radical (unpaired) electrons. The lowest BCUT2D eigenvalue weighted by atomic mass is 10.0. The predicted octanol–water partition coefficient (Wildman–Crippen LogP) is 7.02. The van der Waals surface area contributed by atoms with E-state index in [2.05, 4.69) is 49.7 Å². The van der Waals surface area contributed by atoms with E-state index in [1.807, 2.05) is 35.5 Å². The summed E-state index contributed by atoms with van der Waals surface area (Å²) < 4.78 is 23.7. The third kappa shape index (κ3) is 6.54. The second-order valence-corrected chi connectivity index (χ2v) is 12.3. The van der Waals surface area contributed by atoms with Crippen LogP contribution in [-0.4, -0.2) is 40.6 Å². The fourth-order valence-electron chi connectivity index (χ4n) is 6.13. The number of nitriles is 1. The van der Waals surface area contributed by atoms with Crippen molar-refractivity contribution in [2.45, 2.75) is 50.2 Å². The first kappa shape index (κ1) is 28.1. The molecule has 2 aliphatic heterocycles. The van der Waals surface area contributed by atoms with Crippen LogP contribution >= 0.6 is 11.6 Å². The van der Waals surface area contributed by atoms with Gasteiger partial charge in [-0.2, -0.15) is 5.26 Å². The predicted molar refractivity (Wildman–Crippen MR) is 177 cm³/mol. The van der Waals surface area contributed by atoms with Gasteiger partial charge in [-0.05, 0) is 80.6 Å². The van der Waals surface area contributed by atoms with Crippen molar-refractivity contribution >= 4 is 33.9 Å². The summed E-state index contributed by atoms with van der Waals surface area (Å²) in [7, 11) is 0. The number of rotatable bonds is 11. The Morgan fingerprint density at radius 1 is 1.07 bits per heavy atom. The normalized spacial score (nSPS) is 18.9. The monoisotopic (exact) mass is 623 g/mol. The van der Waals surface area contributed by atoms with Crippen molar-refractivity contribution in [2.24, 2.45) is 0 Å². The first-order chi connectivity index (χ1) is 22.4. The van der Waals surface area contributed by atoms with Crippen LogP contribution in [0.15, 0.2) is 84.8 Å². The largest absolute Gasteiger partial charge is 0.377 e. The first-order valence-electron chi connectivity index (χ1n) is 16.0. The Labute approximate surface area is 269 Å². The minimum absolute atomic E-state index is 0.0586. The zero-order chi connectivity index (χ0) is 31.7. The second kappa shape index (κ2) is 12.9. The maximum absolute atomic E-state index is 14.0. The van der Waals surface area contributed by atoms with E-state index in [9.17, 15) is 11.0 Å². The quantitative estimate of drug-likeness (QED) is 0.142. The zero-order valence-electron chi connectivity index (χ0n) is 25.9.